The van der Waals surface area contributed by atoms with Crippen molar-refractivity contribution in [3.8, 4) is 0 Å². The molecule has 0 spiro atoms. The van der Waals surface area contributed by atoms with Crippen LogP contribution in [0, 0.1) is 6.92 Å². The molecule has 0 saturated heterocycles. The van der Waals surface area contributed by atoms with Gasteiger partial charge in [-0.3, -0.25) is 0 Å². The Morgan fingerprint density at radius 3 is 2.76 bits per heavy atom. The maximum Gasteiger partial charge on any atom is 0.0989 e. The van der Waals surface area contributed by atoms with Crippen molar-refractivity contribution >= 4 is 22.7 Å². The van der Waals surface area contributed by atoms with Crippen LogP contribution in [0.3, 0.4) is 0 Å². The van der Waals surface area contributed by atoms with E-state index >= 15 is 0 Å². The van der Waals surface area contributed by atoms with E-state index in [2.05, 4.69) is 39.9 Å². The number of aromatic nitrogens is 2. The Labute approximate surface area is 110 Å². The SMILES string of the molecule is CCNC(C)c1csc(Cc2csc(C)n2)n1. The summed E-state index contributed by atoms with van der Waals surface area (Å²) in [6.07, 6.45) is 0.855. The third-order valence-electron chi connectivity index (χ3n) is 2.52. The molecule has 5 heteroatoms. The molecule has 0 saturated carbocycles. The summed E-state index contributed by atoms with van der Waals surface area (Å²) >= 11 is 3.42. The highest BCUT2D eigenvalue weighted by Crippen LogP contribution is 2.20. The zero-order valence-electron chi connectivity index (χ0n) is 10.4. The van der Waals surface area contributed by atoms with Crippen molar-refractivity contribution in [1.82, 2.24) is 15.3 Å². The van der Waals surface area contributed by atoms with Crippen LogP contribution >= 0.6 is 22.7 Å². The molecular formula is C12H17N3S2. The van der Waals surface area contributed by atoms with Gasteiger partial charge in [-0.25, -0.2) is 9.97 Å². The molecular weight excluding hydrogens is 250 g/mol. The van der Waals surface area contributed by atoms with Crippen molar-refractivity contribution in [2.45, 2.75) is 33.2 Å². The van der Waals surface area contributed by atoms with Crippen molar-refractivity contribution in [2.24, 2.45) is 0 Å². The fraction of sp³-hybridized carbons (Fsp3) is 0.500. The van der Waals surface area contributed by atoms with Gasteiger partial charge in [-0.05, 0) is 20.4 Å². The molecule has 92 valence electrons. The van der Waals surface area contributed by atoms with Gasteiger partial charge in [0.15, 0.2) is 0 Å². The number of rotatable bonds is 5. The van der Waals surface area contributed by atoms with Gasteiger partial charge >= 0.3 is 0 Å². The first-order chi connectivity index (χ1) is 8.19. The van der Waals surface area contributed by atoms with Crippen LogP contribution in [0.5, 0.6) is 0 Å². The van der Waals surface area contributed by atoms with Gasteiger partial charge < -0.3 is 5.32 Å². The Kier molecular flexibility index (Phi) is 4.25. The van der Waals surface area contributed by atoms with Gasteiger partial charge in [-0.1, -0.05) is 6.92 Å². The molecule has 17 heavy (non-hydrogen) atoms. The molecule has 0 aliphatic carbocycles. The molecule has 0 radical (unpaired) electrons. The number of nitrogens with one attached hydrogen (secondary N) is 1. The summed E-state index contributed by atoms with van der Waals surface area (Å²) < 4.78 is 0. The normalized spacial score (nSPS) is 12.9. The second-order valence-electron chi connectivity index (χ2n) is 3.98. The number of hydrogen-bond donors (Lipinski definition) is 1. The lowest BCUT2D eigenvalue weighted by molar-refractivity contribution is 0.585. The van der Waals surface area contributed by atoms with Crippen LogP contribution in [0.25, 0.3) is 0 Å². The second-order valence-corrected chi connectivity index (χ2v) is 5.98. The highest BCUT2D eigenvalue weighted by Gasteiger charge is 2.10. The Morgan fingerprint density at radius 1 is 1.29 bits per heavy atom. The molecule has 2 aromatic heterocycles. The maximum absolute atomic E-state index is 4.65. The van der Waals surface area contributed by atoms with Crippen molar-refractivity contribution in [2.75, 3.05) is 6.54 Å². The number of nitrogens with zero attached hydrogens (tertiary/aromatic N) is 2. The molecule has 0 aromatic carbocycles. The maximum atomic E-state index is 4.65. The quantitative estimate of drug-likeness (QED) is 0.904. The first-order valence-corrected chi connectivity index (χ1v) is 7.53. The summed E-state index contributed by atoms with van der Waals surface area (Å²) in [6.45, 7) is 7.27. The van der Waals surface area contributed by atoms with E-state index in [1.807, 2.05) is 6.92 Å². The summed E-state index contributed by atoms with van der Waals surface area (Å²) in [7, 11) is 0. The summed E-state index contributed by atoms with van der Waals surface area (Å²) in [5, 5.41) is 9.90. The first kappa shape index (κ1) is 12.7. The number of thiazole rings is 2. The fourth-order valence-corrected chi connectivity index (χ4v) is 3.18. The third kappa shape index (κ3) is 3.34. The summed E-state index contributed by atoms with van der Waals surface area (Å²) in [5.74, 6) is 0. The van der Waals surface area contributed by atoms with Crippen LogP contribution in [0.1, 0.15) is 41.3 Å². The molecule has 0 bridgehead atoms. The van der Waals surface area contributed by atoms with Crippen LogP contribution in [-0.2, 0) is 6.42 Å². The van der Waals surface area contributed by atoms with E-state index in [0.717, 1.165) is 34.4 Å². The third-order valence-corrected chi connectivity index (χ3v) is 4.21. The van der Waals surface area contributed by atoms with Gasteiger partial charge in [0, 0.05) is 23.2 Å². The van der Waals surface area contributed by atoms with Crippen molar-refractivity contribution < 1.29 is 0 Å². The van der Waals surface area contributed by atoms with Crippen LogP contribution in [0.4, 0.5) is 0 Å². The van der Waals surface area contributed by atoms with Gasteiger partial charge in [0.05, 0.1) is 21.4 Å². The molecule has 0 aliphatic heterocycles. The summed E-state index contributed by atoms with van der Waals surface area (Å²) in [4.78, 5) is 9.12. The highest BCUT2D eigenvalue weighted by molar-refractivity contribution is 7.10. The Morgan fingerprint density at radius 2 is 2.12 bits per heavy atom. The number of aryl methyl sites for hydroxylation is 1. The zero-order chi connectivity index (χ0) is 12.3. The predicted octanol–water partition coefficient (Wildman–Crippen LogP) is 3.17. The molecule has 2 heterocycles. The lowest BCUT2D eigenvalue weighted by Crippen LogP contribution is -2.17. The average Bonchev–Trinajstić information content (AvgIpc) is 2.89. The molecule has 1 N–H and O–H groups in total. The molecule has 0 amide bonds. The smallest absolute Gasteiger partial charge is 0.0989 e. The molecule has 1 atom stereocenters. The van der Waals surface area contributed by atoms with Crippen molar-refractivity contribution in [3.63, 3.8) is 0 Å². The molecule has 2 aromatic rings. The first-order valence-electron chi connectivity index (χ1n) is 5.77. The van der Waals surface area contributed by atoms with E-state index in [9.17, 15) is 0 Å². The summed E-state index contributed by atoms with van der Waals surface area (Å²) in [6, 6.07) is 0.335. The second kappa shape index (κ2) is 5.71. The Balaban J connectivity index is 2.03. The predicted molar refractivity (Wildman–Crippen MR) is 73.9 cm³/mol. The number of hydrogen-bond acceptors (Lipinski definition) is 5. The van der Waals surface area contributed by atoms with Crippen LogP contribution in [0.2, 0.25) is 0 Å². The van der Waals surface area contributed by atoms with Gasteiger partial charge in [0.25, 0.3) is 0 Å². The van der Waals surface area contributed by atoms with Crippen molar-refractivity contribution in [1.29, 1.82) is 0 Å². The van der Waals surface area contributed by atoms with E-state index in [1.165, 1.54) is 0 Å². The van der Waals surface area contributed by atoms with Gasteiger partial charge in [-0.2, -0.15) is 0 Å². The molecule has 2 rings (SSSR count). The van der Waals surface area contributed by atoms with E-state index in [1.54, 1.807) is 22.7 Å². The van der Waals surface area contributed by atoms with Gasteiger partial charge in [0.2, 0.25) is 0 Å². The minimum absolute atomic E-state index is 0.335. The highest BCUT2D eigenvalue weighted by atomic mass is 32.1. The zero-order valence-corrected chi connectivity index (χ0v) is 12.0. The fourth-order valence-electron chi connectivity index (χ4n) is 1.66. The lowest BCUT2D eigenvalue weighted by atomic mass is 10.2. The molecule has 1 unspecified atom stereocenters. The molecule has 0 aliphatic rings. The van der Waals surface area contributed by atoms with E-state index in [4.69, 9.17) is 0 Å². The largest absolute Gasteiger partial charge is 0.309 e. The standard InChI is InChI=1S/C12H17N3S2/c1-4-13-8(2)11-7-17-12(15-11)5-10-6-16-9(3)14-10/h6-8,13H,4-5H2,1-3H3. The van der Waals surface area contributed by atoms with Crippen LogP contribution in [0.15, 0.2) is 10.8 Å². The van der Waals surface area contributed by atoms with E-state index in [-0.39, 0.29) is 0 Å². The van der Waals surface area contributed by atoms with Crippen LogP contribution < -0.4 is 5.32 Å². The average molecular weight is 267 g/mol. The Bertz CT molecular complexity index is 476. The minimum atomic E-state index is 0.335. The van der Waals surface area contributed by atoms with Gasteiger partial charge in [-0.15, -0.1) is 22.7 Å². The monoisotopic (exact) mass is 267 g/mol. The van der Waals surface area contributed by atoms with Crippen molar-refractivity contribution in [3.05, 3.63) is 32.2 Å². The topological polar surface area (TPSA) is 37.8 Å². The molecule has 3 nitrogen and oxygen atoms in total. The lowest BCUT2D eigenvalue weighted by Gasteiger charge is -2.07. The minimum Gasteiger partial charge on any atom is -0.309 e. The molecule has 0 fully saturated rings. The Hall–Kier alpha value is -0.780. The summed E-state index contributed by atoms with van der Waals surface area (Å²) in [5.41, 5.74) is 2.27. The van der Waals surface area contributed by atoms with E-state index in [0.29, 0.717) is 6.04 Å². The van der Waals surface area contributed by atoms with Gasteiger partial charge in [0.1, 0.15) is 0 Å². The van der Waals surface area contributed by atoms with Crippen LogP contribution in [-0.4, -0.2) is 16.5 Å². The van der Waals surface area contributed by atoms with E-state index < -0.39 is 0 Å².